The fraction of sp³-hybridized carbons (Fsp3) is 0.571. The van der Waals surface area contributed by atoms with E-state index in [-0.39, 0.29) is 17.9 Å². The highest BCUT2D eigenvalue weighted by atomic mass is 19.4. The van der Waals surface area contributed by atoms with Crippen LogP contribution in [0.5, 0.6) is 0 Å². The summed E-state index contributed by atoms with van der Waals surface area (Å²) in [6, 6.07) is 3.84. The van der Waals surface area contributed by atoms with Gasteiger partial charge >= 0.3 is 12.3 Å². The van der Waals surface area contributed by atoms with Gasteiger partial charge in [0.15, 0.2) is 0 Å². The molecule has 1 amide bonds. The van der Waals surface area contributed by atoms with Crippen LogP contribution in [-0.2, 0) is 6.18 Å². The van der Waals surface area contributed by atoms with E-state index >= 15 is 0 Å². The first-order chi connectivity index (χ1) is 10.8. The van der Waals surface area contributed by atoms with Crippen LogP contribution in [0.15, 0.2) is 18.2 Å². The number of pyridine rings is 1. The highest BCUT2D eigenvalue weighted by Crippen LogP contribution is 2.29. The van der Waals surface area contributed by atoms with Crippen LogP contribution < -0.4 is 5.32 Å². The Bertz CT molecular complexity index is 596. The monoisotopic (exact) mass is 330 g/mol. The molecular formula is C14H17F3N4O2. The van der Waals surface area contributed by atoms with Gasteiger partial charge in [0.1, 0.15) is 11.5 Å². The van der Waals surface area contributed by atoms with E-state index in [0.717, 1.165) is 6.07 Å². The summed E-state index contributed by atoms with van der Waals surface area (Å²) >= 11 is 0. The number of anilines is 1. The molecule has 3 heterocycles. The van der Waals surface area contributed by atoms with Gasteiger partial charge < -0.3 is 15.3 Å². The van der Waals surface area contributed by atoms with E-state index in [2.05, 4.69) is 15.2 Å². The summed E-state index contributed by atoms with van der Waals surface area (Å²) in [4.78, 5) is 18.2. The number of fused-ring (bicyclic) bond motifs is 1. The zero-order valence-corrected chi connectivity index (χ0v) is 12.3. The molecule has 0 aliphatic carbocycles. The number of carboxylic acid groups (broad SMARTS) is 1. The molecule has 0 radical (unpaired) electrons. The number of carbonyl (C=O) groups is 1. The Balaban J connectivity index is 1.63. The topological polar surface area (TPSA) is 68.7 Å². The zero-order valence-electron chi connectivity index (χ0n) is 12.3. The van der Waals surface area contributed by atoms with Gasteiger partial charge in [-0.05, 0) is 18.6 Å². The second-order valence-electron chi connectivity index (χ2n) is 5.86. The number of hydrogen-bond donors (Lipinski definition) is 2. The van der Waals surface area contributed by atoms with Crippen LogP contribution in [0.3, 0.4) is 0 Å². The molecule has 0 bridgehead atoms. The fourth-order valence-corrected chi connectivity index (χ4v) is 3.20. The van der Waals surface area contributed by atoms with Gasteiger partial charge in [-0.15, -0.1) is 0 Å². The molecule has 2 unspecified atom stereocenters. The summed E-state index contributed by atoms with van der Waals surface area (Å²) in [6.07, 6.45) is -4.71. The maximum absolute atomic E-state index is 12.7. The van der Waals surface area contributed by atoms with Gasteiger partial charge in [-0.3, -0.25) is 4.90 Å². The number of hydrogen-bond acceptors (Lipinski definition) is 4. The van der Waals surface area contributed by atoms with Gasteiger partial charge in [0.2, 0.25) is 0 Å². The molecule has 2 aliphatic rings. The van der Waals surface area contributed by atoms with Gasteiger partial charge in [-0.1, -0.05) is 6.07 Å². The molecule has 1 aromatic heterocycles. The zero-order chi connectivity index (χ0) is 16.6. The molecule has 1 aromatic rings. The highest BCUT2D eigenvalue weighted by molar-refractivity contribution is 5.65. The van der Waals surface area contributed by atoms with E-state index in [9.17, 15) is 18.0 Å². The van der Waals surface area contributed by atoms with Crippen molar-refractivity contribution in [2.75, 3.05) is 31.5 Å². The van der Waals surface area contributed by atoms with Crippen molar-refractivity contribution in [3.8, 4) is 0 Å². The smallest absolute Gasteiger partial charge is 0.433 e. The molecule has 2 fully saturated rings. The maximum atomic E-state index is 12.7. The van der Waals surface area contributed by atoms with Crippen molar-refractivity contribution in [3.05, 3.63) is 23.9 Å². The summed E-state index contributed by atoms with van der Waals surface area (Å²) in [5.41, 5.74) is -0.921. The normalized spacial score (nSPS) is 25.3. The molecule has 2 atom stereocenters. The van der Waals surface area contributed by atoms with Crippen molar-refractivity contribution in [1.82, 2.24) is 14.8 Å². The van der Waals surface area contributed by atoms with Gasteiger partial charge in [0.25, 0.3) is 0 Å². The third-order valence-electron chi connectivity index (χ3n) is 4.28. The van der Waals surface area contributed by atoms with Crippen LogP contribution >= 0.6 is 0 Å². The number of aromatic nitrogens is 1. The summed E-state index contributed by atoms with van der Waals surface area (Å²) in [7, 11) is 0. The minimum absolute atomic E-state index is 0.0373. The van der Waals surface area contributed by atoms with Crippen molar-refractivity contribution in [1.29, 1.82) is 0 Å². The molecule has 23 heavy (non-hydrogen) atoms. The van der Waals surface area contributed by atoms with E-state index in [1.807, 2.05) is 0 Å². The molecule has 3 rings (SSSR count). The van der Waals surface area contributed by atoms with Crippen molar-refractivity contribution in [2.24, 2.45) is 0 Å². The second kappa shape index (κ2) is 5.88. The Morgan fingerprint density at radius 2 is 2.09 bits per heavy atom. The van der Waals surface area contributed by atoms with Gasteiger partial charge in [0, 0.05) is 38.3 Å². The first-order valence-corrected chi connectivity index (χ1v) is 7.35. The van der Waals surface area contributed by atoms with Crippen LogP contribution in [0.4, 0.5) is 23.8 Å². The average molecular weight is 330 g/mol. The highest BCUT2D eigenvalue weighted by Gasteiger charge is 2.38. The summed E-state index contributed by atoms with van der Waals surface area (Å²) in [6.45, 7) is 2.21. The van der Waals surface area contributed by atoms with Crippen LogP contribution in [0.25, 0.3) is 0 Å². The lowest BCUT2D eigenvalue weighted by molar-refractivity contribution is -0.141. The molecule has 9 heteroatoms. The van der Waals surface area contributed by atoms with Crippen molar-refractivity contribution >= 4 is 11.9 Å². The quantitative estimate of drug-likeness (QED) is 0.867. The lowest BCUT2D eigenvalue weighted by atomic mass is 10.1. The number of amides is 1. The van der Waals surface area contributed by atoms with E-state index < -0.39 is 18.0 Å². The third-order valence-corrected chi connectivity index (χ3v) is 4.28. The standard InChI is InChI=1S/C14H17F3N4O2/c15-14(16,17)11-2-1-3-12(19-11)18-9-6-10-8-21(13(22)23)5-4-20(10)7-9/h1-3,9-10H,4-8H2,(H,18,19)(H,22,23). The average Bonchev–Trinajstić information content (AvgIpc) is 2.87. The van der Waals surface area contributed by atoms with E-state index in [1.165, 1.54) is 17.0 Å². The number of rotatable bonds is 2. The maximum Gasteiger partial charge on any atom is 0.433 e. The lowest BCUT2D eigenvalue weighted by Crippen LogP contribution is -2.51. The van der Waals surface area contributed by atoms with E-state index in [1.54, 1.807) is 0 Å². The molecule has 2 N–H and O–H groups in total. The molecule has 0 spiro atoms. The Labute approximate surface area is 130 Å². The summed E-state index contributed by atoms with van der Waals surface area (Å²) in [5, 5.41) is 12.1. The summed E-state index contributed by atoms with van der Waals surface area (Å²) in [5.74, 6) is 0.194. The number of alkyl halides is 3. The SMILES string of the molecule is O=C(O)N1CCN2CC(Nc3cccc(C(F)(F)F)n3)CC2C1. The third kappa shape index (κ3) is 3.49. The number of halogens is 3. The van der Waals surface area contributed by atoms with Crippen molar-refractivity contribution in [2.45, 2.75) is 24.7 Å². The summed E-state index contributed by atoms with van der Waals surface area (Å²) < 4.78 is 38.0. The van der Waals surface area contributed by atoms with Gasteiger partial charge in [0.05, 0.1) is 0 Å². The number of nitrogens with one attached hydrogen (secondary N) is 1. The fourth-order valence-electron chi connectivity index (χ4n) is 3.20. The second-order valence-corrected chi connectivity index (χ2v) is 5.86. The number of piperazine rings is 1. The van der Waals surface area contributed by atoms with Crippen molar-refractivity contribution < 1.29 is 23.1 Å². The molecule has 0 saturated carbocycles. The first-order valence-electron chi connectivity index (χ1n) is 7.35. The largest absolute Gasteiger partial charge is 0.465 e. The minimum Gasteiger partial charge on any atom is -0.465 e. The Morgan fingerprint density at radius 1 is 1.30 bits per heavy atom. The Kier molecular flexibility index (Phi) is 4.05. The van der Waals surface area contributed by atoms with E-state index in [0.29, 0.717) is 32.6 Å². The molecule has 2 aliphatic heterocycles. The van der Waals surface area contributed by atoms with Gasteiger partial charge in [-0.2, -0.15) is 13.2 Å². The molecule has 2 saturated heterocycles. The van der Waals surface area contributed by atoms with Crippen molar-refractivity contribution in [3.63, 3.8) is 0 Å². The van der Waals surface area contributed by atoms with Gasteiger partial charge in [-0.25, -0.2) is 9.78 Å². The molecule has 6 nitrogen and oxygen atoms in total. The van der Waals surface area contributed by atoms with Crippen LogP contribution in [-0.4, -0.2) is 64.2 Å². The molecule has 126 valence electrons. The van der Waals surface area contributed by atoms with Crippen LogP contribution in [0.2, 0.25) is 0 Å². The molecule has 0 aromatic carbocycles. The van der Waals surface area contributed by atoms with Crippen LogP contribution in [0.1, 0.15) is 12.1 Å². The number of nitrogens with zero attached hydrogens (tertiary/aromatic N) is 3. The predicted molar refractivity (Wildman–Crippen MR) is 76.2 cm³/mol. The van der Waals surface area contributed by atoms with E-state index in [4.69, 9.17) is 5.11 Å². The lowest BCUT2D eigenvalue weighted by Gasteiger charge is -2.35. The minimum atomic E-state index is -4.47. The Morgan fingerprint density at radius 3 is 2.78 bits per heavy atom. The first kappa shape index (κ1) is 15.9. The predicted octanol–water partition coefficient (Wildman–Crippen LogP) is 1.95. The molecular weight excluding hydrogens is 313 g/mol. The Hall–Kier alpha value is -2.03. The van der Waals surface area contributed by atoms with Crippen LogP contribution in [0, 0.1) is 0 Å².